The number of halogens is 1. The number of hydrogen-bond acceptors (Lipinski definition) is 3. The Morgan fingerprint density at radius 3 is 2.85 bits per heavy atom. The normalized spacial score (nSPS) is 11.1. The monoisotopic (exact) mass is 274 g/mol. The van der Waals surface area contributed by atoms with E-state index in [0.29, 0.717) is 29.8 Å². The number of hydrogen-bond donors (Lipinski definition) is 2. The van der Waals surface area contributed by atoms with Gasteiger partial charge < -0.3 is 9.55 Å². The van der Waals surface area contributed by atoms with E-state index in [1.165, 1.54) is 29.0 Å². The second kappa shape index (κ2) is 4.76. The molecule has 0 amide bonds. The highest BCUT2D eigenvalue weighted by atomic mass is 19.1. The maximum absolute atomic E-state index is 13.1. The lowest BCUT2D eigenvalue weighted by atomic mass is 10.3. The molecule has 6 nitrogen and oxygen atoms in total. The lowest BCUT2D eigenvalue weighted by Gasteiger charge is -2.01. The van der Waals surface area contributed by atoms with Gasteiger partial charge in [0.05, 0.1) is 11.0 Å². The lowest BCUT2D eigenvalue weighted by Crippen LogP contribution is -2.29. The van der Waals surface area contributed by atoms with Crippen LogP contribution in [0.15, 0.2) is 40.1 Å². The van der Waals surface area contributed by atoms with Crippen molar-refractivity contribution >= 4 is 11.0 Å². The Bertz CT molecular complexity index is 878. The molecule has 0 aliphatic rings. The molecule has 1 aromatic carbocycles. The minimum absolute atomic E-state index is 0.329. The summed E-state index contributed by atoms with van der Waals surface area (Å²) in [6, 6.07) is 5.60. The van der Waals surface area contributed by atoms with E-state index in [2.05, 4.69) is 15.0 Å². The van der Waals surface area contributed by atoms with E-state index in [1.807, 2.05) is 0 Å². The Labute approximate surface area is 111 Å². The van der Waals surface area contributed by atoms with Crippen molar-refractivity contribution in [3.8, 4) is 0 Å². The number of aromatic nitrogens is 4. The van der Waals surface area contributed by atoms with Crippen molar-refractivity contribution in [1.29, 1.82) is 0 Å². The first kappa shape index (κ1) is 12.3. The fourth-order valence-corrected chi connectivity index (χ4v) is 2.00. The minimum atomic E-state index is -0.459. The molecule has 3 aromatic rings. The fourth-order valence-electron chi connectivity index (χ4n) is 2.00. The third kappa shape index (κ3) is 2.37. The zero-order valence-corrected chi connectivity index (χ0v) is 10.4. The van der Waals surface area contributed by atoms with E-state index in [0.717, 1.165) is 0 Å². The number of aromatic amines is 2. The quantitative estimate of drug-likeness (QED) is 0.740. The molecule has 3 rings (SSSR count). The molecule has 0 radical (unpaired) electrons. The zero-order valence-electron chi connectivity index (χ0n) is 10.4. The van der Waals surface area contributed by atoms with Crippen LogP contribution in [0.2, 0.25) is 0 Å². The summed E-state index contributed by atoms with van der Waals surface area (Å²) < 4.78 is 14.4. The molecule has 0 spiro atoms. The summed E-state index contributed by atoms with van der Waals surface area (Å²) >= 11 is 0. The Kier molecular flexibility index (Phi) is 2.94. The van der Waals surface area contributed by atoms with Gasteiger partial charge in [-0.15, -0.1) is 0 Å². The van der Waals surface area contributed by atoms with Gasteiger partial charge in [-0.05, 0) is 18.2 Å². The molecular weight excluding hydrogens is 263 g/mol. The van der Waals surface area contributed by atoms with Gasteiger partial charge in [0.25, 0.3) is 5.56 Å². The van der Waals surface area contributed by atoms with Crippen molar-refractivity contribution in [1.82, 2.24) is 19.5 Å². The van der Waals surface area contributed by atoms with E-state index in [-0.39, 0.29) is 5.82 Å². The van der Waals surface area contributed by atoms with E-state index in [9.17, 15) is 14.0 Å². The molecule has 0 unspecified atom stereocenters. The molecule has 2 aromatic heterocycles. The van der Waals surface area contributed by atoms with Crippen LogP contribution < -0.4 is 11.2 Å². The van der Waals surface area contributed by atoms with Crippen LogP contribution in [-0.2, 0) is 13.0 Å². The van der Waals surface area contributed by atoms with E-state index >= 15 is 0 Å². The second-order valence-electron chi connectivity index (χ2n) is 4.40. The largest absolute Gasteiger partial charge is 0.342 e. The number of imidazole rings is 1. The first-order valence-electron chi connectivity index (χ1n) is 6.06. The molecule has 0 fully saturated rings. The fraction of sp³-hybridized carbons (Fsp3) is 0.154. The summed E-state index contributed by atoms with van der Waals surface area (Å²) in [6.45, 7) is 0.373. The lowest BCUT2D eigenvalue weighted by molar-refractivity contribution is 0.629. The first-order valence-corrected chi connectivity index (χ1v) is 6.06. The van der Waals surface area contributed by atoms with Gasteiger partial charge in [0.2, 0.25) is 0 Å². The maximum Gasteiger partial charge on any atom is 0.328 e. The van der Waals surface area contributed by atoms with Gasteiger partial charge >= 0.3 is 5.69 Å². The minimum Gasteiger partial charge on any atom is -0.342 e. The number of aryl methyl sites for hydroxylation is 2. The van der Waals surface area contributed by atoms with Crippen LogP contribution in [0.25, 0.3) is 11.0 Å². The topological polar surface area (TPSA) is 83.5 Å². The molecule has 0 aliphatic carbocycles. The van der Waals surface area contributed by atoms with E-state index in [4.69, 9.17) is 0 Å². The highest BCUT2D eigenvalue weighted by Gasteiger charge is 2.04. The van der Waals surface area contributed by atoms with E-state index < -0.39 is 11.2 Å². The number of nitrogens with zero attached hydrogens (tertiary/aromatic N) is 2. The highest BCUT2D eigenvalue weighted by Crippen LogP contribution is 2.13. The van der Waals surface area contributed by atoms with Crippen molar-refractivity contribution in [3.63, 3.8) is 0 Å². The van der Waals surface area contributed by atoms with Gasteiger partial charge in [-0.2, -0.15) is 0 Å². The number of fused-ring (bicyclic) bond motifs is 1. The van der Waals surface area contributed by atoms with Crippen LogP contribution in [0.4, 0.5) is 4.39 Å². The predicted octanol–water partition coefficient (Wildman–Crippen LogP) is 0.795. The molecule has 0 bridgehead atoms. The Hall–Kier alpha value is -2.70. The molecule has 0 saturated carbocycles. The SMILES string of the molecule is O=c1ccn(CCc2nc3ccc(F)cc3[nH]2)c(=O)[nH]1. The molecule has 102 valence electrons. The van der Waals surface area contributed by atoms with E-state index in [1.54, 1.807) is 6.07 Å². The Morgan fingerprint density at radius 2 is 2.05 bits per heavy atom. The van der Waals surface area contributed by atoms with Gasteiger partial charge in [0.15, 0.2) is 0 Å². The first-order chi connectivity index (χ1) is 9.61. The summed E-state index contributed by atoms with van der Waals surface area (Å²) in [6.07, 6.45) is 1.91. The molecule has 0 saturated heterocycles. The van der Waals surface area contributed by atoms with Crippen LogP contribution >= 0.6 is 0 Å². The standard InChI is InChI=1S/C13H11FN4O2/c14-8-1-2-9-10(7-8)16-11(15-9)3-5-18-6-4-12(19)17-13(18)20/h1-2,4,6-7H,3,5H2,(H,15,16)(H,17,19,20). The zero-order chi connectivity index (χ0) is 14.1. The number of benzene rings is 1. The van der Waals surface area contributed by atoms with Gasteiger partial charge in [0, 0.05) is 25.2 Å². The van der Waals surface area contributed by atoms with Gasteiger partial charge in [-0.1, -0.05) is 0 Å². The maximum atomic E-state index is 13.1. The van der Waals surface area contributed by atoms with Gasteiger partial charge in [-0.25, -0.2) is 14.2 Å². The number of H-pyrrole nitrogens is 2. The molecule has 7 heteroatoms. The summed E-state index contributed by atoms with van der Waals surface area (Å²) in [7, 11) is 0. The van der Waals surface area contributed by atoms with Crippen molar-refractivity contribution < 1.29 is 4.39 Å². The second-order valence-corrected chi connectivity index (χ2v) is 4.40. The van der Waals surface area contributed by atoms with Crippen LogP contribution in [0.5, 0.6) is 0 Å². The average molecular weight is 274 g/mol. The third-order valence-corrected chi connectivity index (χ3v) is 2.98. The Balaban J connectivity index is 1.83. The van der Waals surface area contributed by atoms with Gasteiger partial charge in [-0.3, -0.25) is 9.78 Å². The molecule has 2 N–H and O–H groups in total. The molecule has 2 heterocycles. The number of rotatable bonds is 3. The summed E-state index contributed by atoms with van der Waals surface area (Å²) in [5.74, 6) is 0.327. The highest BCUT2D eigenvalue weighted by molar-refractivity contribution is 5.74. The summed E-state index contributed by atoms with van der Waals surface area (Å²) in [5.41, 5.74) is 0.411. The van der Waals surface area contributed by atoms with Crippen LogP contribution in [0, 0.1) is 5.82 Å². The summed E-state index contributed by atoms with van der Waals surface area (Å²) in [5, 5.41) is 0. The van der Waals surface area contributed by atoms with Crippen molar-refractivity contribution in [2.75, 3.05) is 0 Å². The Morgan fingerprint density at radius 1 is 1.20 bits per heavy atom. The summed E-state index contributed by atoms with van der Waals surface area (Å²) in [4.78, 5) is 31.9. The number of nitrogens with one attached hydrogen (secondary N) is 2. The molecule has 20 heavy (non-hydrogen) atoms. The third-order valence-electron chi connectivity index (χ3n) is 2.98. The van der Waals surface area contributed by atoms with Gasteiger partial charge in [0.1, 0.15) is 11.6 Å². The van der Waals surface area contributed by atoms with Crippen LogP contribution in [0.3, 0.4) is 0 Å². The predicted molar refractivity (Wildman–Crippen MR) is 71.1 cm³/mol. The smallest absolute Gasteiger partial charge is 0.328 e. The molecular formula is C13H11FN4O2. The average Bonchev–Trinajstić information content (AvgIpc) is 2.79. The van der Waals surface area contributed by atoms with Crippen molar-refractivity contribution in [2.24, 2.45) is 0 Å². The molecule has 0 atom stereocenters. The van der Waals surface area contributed by atoms with Crippen LogP contribution in [0.1, 0.15) is 5.82 Å². The van der Waals surface area contributed by atoms with Crippen LogP contribution in [-0.4, -0.2) is 19.5 Å². The van der Waals surface area contributed by atoms with Crippen molar-refractivity contribution in [2.45, 2.75) is 13.0 Å². The van der Waals surface area contributed by atoms with Crippen molar-refractivity contribution in [3.05, 3.63) is 62.9 Å². The molecule has 0 aliphatic heterocycles.